The highest BCUT2D eigenvalue weighted by molar-refractivity contribution is 5.30. The number of hydrogen-bond donors (Lipinski definition) is 1. The van der Waals surface area contributed by atoms with Crippen molar-refractivity contribution in [2.45, 2.75) is 53.0 Å². The lowest BCUT2D eigenvalue weighted by Gasteiger charge is -2.20. The standard InChI is InChI=1S/C11H20N2O/c1-6-7-9-8(2)12-13(10(9)14)11(3,4)5/h14H,6-7H2,1-5H3. The SMILES string of the molecule is CCCc1c(C)nn(C(C)(C)C)c1O. The summed E-state index contributed by atoms with van der Waals surface area (Å²) < 4.78 is 1.70. The smallest absolute Gasteiger partial charge is 0.213 e. The zero-order valence-corrected chi connectivity index (χ0v) is 9.76. The molecule has 3 nitrogen and oxygen atoms in total. The molecule has 0 atom stereocenters. The number of nitrogens with zero attached hydrogens (tertiary/aromatic N) is 2. The molecule has 0 bridgehead atoms. The summed E-state index contributed by atoms with van der Waals surface area (Å²) in [6.45, 7) is 10.2. The van der Waals surface area contributed by atoms with E-state index in [1.807, 2.05) is 27.7 Å². The molecule has 0 fully saturated rings. The minimum Gasteiger partial charge on any atom is -0.493 e. The normalized spacial score (nSPS) is 12.1. The maximum absolute atomic E-state index is 9.98. The first-order valence-corrected chi connectivity index (χ1v) is 5.16. The summed E-state index contributed by atoms with van der Waals surface area (Å²) in [7, 11) is 0. The zero-order chi connectivity index (χ0) is 10.9. The highest BCUT2D eigenvalue weighted by Crippen LogP contribution is 2.27. The Morgan fingerprint density at radius 3 is 2.29 bits per heavy atom. The van der Waals surface area contributed by atoms with Crippen LogP contribution in [0.5, 0.6) is 5.88 Å². The highest BCUT2D eigenvalue weighted by Gasteiger charge is 2.22. The monoisotopic (exact) mass is 196 g/mol. The van der Waals surface area contributed by atoms with Crippen molar-refractivity contribution in [2.75, 3.05) is 0 Å². The molecular formula is C11H20N2O. The molecule has 1 N–H and O–H groups in total. The predicted molar refractivity (Wildman–Crippen MR) is 57.6 cm³/mol. The van der Waals surface area contributed by atoms with Crippen LogP contribution in [0.1, 0.15) is 45.4 Å². The van der Waals surface area contributed by atoms with Crippen LogP contribution in [0.25, 0.3) is 0 Å². The maximum Gasteiger partial charge on any atom is 0.213 e. The minimum absolute atomic E-state index is 0.152. The number of aryl methyl sites for hydroxylation is 1. The molecular weight excluding hydrogens is 176 g/mol. The lowest BCUT2D eigenvalue weighted by Crippen LogP contribution is -2.22. The van der Waals surface area contributed by atoms with Gasteiger partial charge >= 0.3 is 0 Å². The molecule has 0 radical (unpaired) electrons. The van der Waals surface area contributed by atoms with Crippen LogP contribution in [0.3, 0.4) is 0 Å². The third kappa shape index (κ3) is 1.91. The van der Waals surface area contributed by atoms with Gasteiger partial charge in [-0.1, -0.05) is 13.3 Å². The largest absolute Gasteiger partial charge is 0.493 e. The van der Waals surface area contributed by atoms with E-state index in [0.717, 1.165) is 24.1 Å². The molecule has 14 heavy (non-hydrogen) atoms. The van der Waals surface area contributed by atoms with Gasteiger partial charge in [-0.15, -0.1) is 0 Å². The van der Waals surface area contributed by atoms with Crippen LogP contribution in [0.15, 0.2) is 0 Å². The Hall–Kier alpha value is -0.990. The van der Waals surface area contributed by atoms with Gasteiger partial charge in [0.05, 0.1) is 11.2 Å². The fourth-order valence-corrected chi connectivity index (χ4v) is 1.56. The summed E-state index contributed by atoms with van der Waals surface area (Å²) in [5.74, 6) is 0.330. The van der Waals surface area contributed by atoms with Crippen molar-refractivity contribution >= 4 is 0 Å². The molecule has 1 aromatic heterocycles. The van der Waals surface area contributed by atoms with Crippen molar-refractivity contribution in [3.05, 3.63) is 11.3 Å². The zero-order valence-electron chi connectivity index (χ0n) is 9.76. The average Bonchev–Trinajstić information content (AvgIpc) is 2.31. The van der Waals surface area contributed by atoms with Gasteiger partial charge in [-0.25, -0.2) is 4.68 Å². The molecule has 0 aliphatic rings. The van der Waals surface area contributed by atoms with Crippen molar-refractivity contribution in [2.24, 2.45) is 0 Å². The molecule has 0 aliphatic heterocycles. The van der Waals surface area contributed by atoms with Gasteiger partial charge in [0, 0.05) is 5.56 Å². The van der Waals surface area contributed by atoms with Crippen LogP contribution >= 0.6 is 0 Å². The number of aromatic hydroxyl groups is 1. The second kappa shape index (κ2) is 3.64. The van der Waals surface area contributed by atoms with Crippen molar-refractivity contribution in [3.63, 3.8) is 0 Å². The van der Waals surface area contributed by atoms with Gasteiger partial charge in [-0.3, -0.25) is 0 Å². The lowest BCUT2D eigenvalue weighted by atomic mass is 10.1. The Kier molecular flexibility index (Phi) is 2.88. The summed E-state index contributed by atoms with van der Waals surface area (Å²) in [6.07, 6.45) is 1.93. The molecule has 0 aliphatic carbocycles. The van der Waals surface area contributed by atoms with Gasteiger partial charge < -0.3 is 5.11 Å². The number of aromatic nitrogens is 2. The van der Waals surface area contributed by atoms with E-state index in [0.29, 0.717) is 5.88 Å². The van der Waals surface area contributed by atoms with Crippen molar-refractivity contribution in [3.8, 4) is 5.88 Å². The molecule has 80 valence electrons. The molecule has 0 aromatic carbocycles. The first-order chi connectivity index (χ1) is 6.38. The Morgan fingerprint density at radius 1 is 1.36 bits per heavy atom. The van der Waals surface area contributed by atoms with Gasteiger partial charge in [0.2, 0.25) is 5.88 Å². The van der Waals surface area contributed by atoms with Crippen molar-refractivity contribution in [1.82, 2.24) is 9.78 Å². The van der Waals surface area contributed by atoms with E-state index in [4.69, 9.17) is 0 Å². The van der Waals surface area contributed by atoms with E-state index < -0.39 is 0 Å². The highest BCUT2D eigenvalue weighted by atomic mass is 16.3. The minimum atomic E-state index is -0.152. The molecule has 0 unspecified atom stereocenters. The van der Waals surface area contributed by atoms with E-state index in [-0.39, 0.29) is 5.54 Å². The third-order valence-electron chi connectivity index (χ3n) is 2.29. The van der Waals surface area contributed by atoms with Crippen LogP contribution in [0, 0.1) is 6.92 Å². The number of hydrogen-bond acceptors (Lipinski definition) is 2. The lowest BCUT2D eigenvalue weighted by molar-refractivity contribution is 0.292. The summed E-state index contributed by atoms with van der Waals surface area (Å²) in [6, 6.07) is 0. The quantitative estimate of drug-likeness (QED) is 0.789. The first-order valence-electron chi connectivity index (χ1n) is 5.16. The molecule has 1 rings (SSSR count). The summed E-state index contributed by atoms with van der Waals surface area (Å²) >= 11 is 0. The van der Waals surface area contributed by atoms with Gasteiger partial charge in [0.1, 0.15) is 0 Å². The summed E-state index contributed by atoms with van der Waals surface area (Å²) in [5, 5.41) is 14.3. The second-order valence-electron chi connectivity index (χ2n) is 4.72. The molecule has 0 spiro atoms. The van der Waals surface area contributed by atoms with E-state index in [1.165, 1.54) is 0 Å². The van der Waals surface area contributed by atoms with E-state index in [1.54, 1.807) is 4.68 Å². The van der Waals surface area contributed by atoms with Gasteiger partial charge in [-0.05, 0) is 34.1 Å². The van der Waals surface area contributed by atoms with E-state index in [2.05, 4.69) is 12.0 Å². The van der Waals surface area contributed by atoms with Gasteiger partial charge in [-0.2, -0.15) is 5.10 Å². The van der Waals surface area contributed by atoms with E-state index >= 15 is 0 Å². The Bertz CT molecular complexity index is 321. The van der Waals surface area contributed by atoms with Crippen LogP contribution in [0.2, 0.25) is 0 Å². The maximum atomic E-state index is 9.98. The summed E-state index contributed by atoms with van der Waals surface area (Å²) in [5.41, 5.74) is 1.78. The first kappa shape index (κ1) is 11.1. The fraction of sp³-hybridized carbons (Fsp3) is 0.727. The van der Waals surface area contributed by atoms with Crippen LogP contribution < -0.4 is 0 Å². The van der Waals surface area contributed by atoms with Crippen LogP contribution in [-0.2, 0) is 12.0 Å². The van der Waals surface area contributed by atoms with Crippen LogP contribution in [0.4, 0.5) is 0 Å². The Morgan fingerprint density at radius 2 is 1.93 bits per heavy atom. The van der Waals surface area contributed by atoms with Crippen LogP contribution in [-0.4, -0.2) is 14.9 Å². The molecule has 1 aromatic rings. The predicted octanol–water partition coefficient (Wildman–Crippen LogP) is 2.60. The average molecular weight is 196 g/mol. The number of rotatable bonds is 2. The van der Waals surface area contributed by atoms with Gasteiger partial charge in [0.25, 0.3) is 0 Å². The summed E-state index contributed by atoms with van der Waals surface area (Å²) in [4.78, 5) is 0. The Labute approximate surface area is 85.8 Å². The van der Waals surface area contributed by atoms with Gasteiger partial charge in [0.15, 0.2) is 0 Å². The van der Waals surface area contributed by atoms with Crippen molar-refractivity contribution < 1.29 is 5.11 Å². The third-order valence-corrected chi connectivity index (χ3v) is 2.29. The molecule has 1 heterocycles. The molecule has 0 saturated heterocycles. The molecule has 3 heteroatoms. The topological polar surface area (TPSA) is 38.0 Å². The van der Waals surface area contributed by atoms with E-state index in [9.17, 15) is 5.11 Å². The Balaban J connectivity index is 3.17. The van der Waals surface area contributed by atoms with Crippen molar-refractivity contribution in [1.29, 1.82) is 0 Å². The second-order valence-corrected chi connectivity index (χ2v) is 4.72. The molecule has 0 saturated carbocycles. The fourth-order valence-electron chi connectivity index (χ4n) is 1.56. The molecule has 0 amide bonds.